The van der Waals surface area contributed by atoms with E-state index in [1.807, 2.05) is 37.3 Å². The van der Waals surface area contributed by atoms with E-state index >= 15 is 0 Å². The number of pyridine rings is 1. The monoisotopic (exact) mass is 252 g/mol. The van der Waals surface area contributed by atoms with Crippen LogP contribution >= 0.6 is 0 Å². The molecule has 0 radical (unpaired) electrons. The van der Waals surface area contributed by atoms with Gasteiger partial charge in [0, 0.05) is 6.20 Å². The molecule has 4 heteroatoms. The lowest BCUT2D eigenvalue weighted by Gasteiger charge is -2.06. The van der Waals surface area contributed by atoms with E-state index in [4.69, 9.17) is 0 Å². The Labute approximate surface area is 109 Å². The van der Waals surface area contributed by atoms with Crippen molar-refractivity contribution < 1.29 is 0 Å². The van der Waals surface area contributed by atoms with E-state index in [1.54, 1.807) is 18.3 Å². The number of hydrogen-bond donors (Lipinski definition) is 1. The highest BCUT2D eigenvalue weighted by atomic mass is 16.2. The minimum absolute atomic E-state index is 0.361. The molecule has 19 heavy (non-hydrogen) atoms. The van der Waals surface area contributed by atoms with Crippen LogP contribution in [0.2, 0.25) is 0 Å². The Bertz CT molecular complexity index is 858. The lowest BCUT2D eigenvalue weighted by atomic mass is 10.0. The van der Waals surface area contributed by atoms with Gasteiger partial charge in [0.1, 0.15) is 0 Å². The van der Waals surface area contributed by atoms with E-state index in [2.05, 4.69) is 4.98 Å². The smallest absolute Gasteiger partial charge is 0.273 e. The third kappa shape index (κ3) is 1.87. The number of aryl methyl sites for hydroxylation is 1. The van der Waals surface area contributed by atoms with Gasteiger partial charge in [-0.2, -0.15) is 0 Å². The van der Waals surface area contributed by atoms with Gasteiger partial charge in [-0.25, -0.2) is 4.79 Å². The normalized spacial score (nSPS) is 10.8. The van der Waals surface area contributed by atoms with E-state index < -0.39 is 5.69 Å². The summed E-state index contributed by atoms with van der Waals surface area (Å²) < 4.78 is 1.44. The molecule has 0 aliphatic rings. The topological polar surface area (TPSA) is 54.3 Å². The first-order valence-electron chi connectivity index (χ1n) is 5.97. The highest BCUT2D eigenvalue weighted by Gasteiger charge is 2.10. The molecule has 0 amide bonds. The third-order valence-electron chi connectivity index (χ3n) is 3.12. The number of aromatic amines is 1. The van der Waals surface area contributed by atoms with Crippen LogP contribution in [-0.2, 0) is 0 Å². The van der Waals surface area contributed by atoms with E-state index in [-0.39, 0.29) is 5.56 Å². The van der Waals surface area contributed by atoms with Crippen molar-refractivity contribution in [1.29, 1.82) is 0 Å². The Morgan fingerprint density at radius 2 is 1.74 bits per heavy atom. The first kappa shape index (κ1) is 11.5. The lowest BCUT2D eigenvalue weighted by molar-refractivity contribution is 0.972. The summed E-state index contributed by atoms with van der Waals surface area (Å²) in [5, 5.41) is 0. The molecule has 0 aliphatic carbocycles. The van der Waals surface area contributed by atoms with E-state index in [1.165, 1.54) is 4.40 Å². The van der Waals surface area contributed by atoms with Crippen LogP contribution in [0, 0.1) is 6.92 Å². The first-order valence-corrected chi connectivity index (χ1v) is 5.97. The first-order chi connectivity index (χ1) is 9.16. The molecule has 2 aromatic heterocycles. The predicted molar refractivity (Wildman–Crippen MR) is 74.5 cm³/mol. The van der Waals surface area contributed by atoms with Gasteiger partial charge in [0.25, 0.3) is 5.56 Å². The molecule has 1 N–H and O–H groups in total. The van der Waals surface area contributed by atoms with Gasteiger partial charge in [0.15, 0.2) is 0 Å². The molecule has 4 nitrogen and oxygen atoms in total. The summed E-state index contributed by atoms with van der Waals surface area (Å²) in [5.41, 5.74) is 2.27. The van der Waals surface area contributed by atoms with Crippen LogP contribution in [0.3, 0.4) is 0 Å². The molecule has 0 fully saturated rings. The molecule has 94 valence electrons. The molecule has 0 saturated carbocycles. The molecule has 0 aliphatic heterocycles. The van der Waals surface area contributed by atoms with Gasteiger partial charge in [-0.1, -0.05) is 35.9 Å². The zero-order valence-electron chi connectivity index (χ0n) is 10.4. The standard InChI is InChI=1S/C15H12N2O2/c1-10-5-7-11(8-6-10)13-12-4-2-3-9-17(12)15(19)16-14(13)18/h2-9H,1H3,(H,16,18,19). The summed E-state index contributed by atoms with van der Waals surface area (Å²) in [6.07, 6.45) is 1.64. The van der Waals surface area contributed by atoms with Crippen molar-refractivity contribution in [2.75, 3.05) is 0 Å². The van der Waals surface area contributed by atoms with Gasteiger partial charge >= 0.3 is 5.69 Å². The molecular formula is C15H12N2O2. The second kappa shape index (κ2) is 4.24. The highest BCUT2D eigenvalue weighted by molar-refractivity contribution is 5.79. The van der Waals surface area contributed by atoms with Crippen LogP contribution in [0.25, 0.3) is 16.6 Å². The van der Waals surface area contributed by atoms with Crippen molar-refractivity contribution in [1.82, 2.24) is 9.38 Å². The molecule has 3 rings (SSSR count). The number of nitrogens with zero attached hydrogens (tertiary/aromatic N) is 1. The van der Waals surface area contributed by atoms with Gasteiger partial charge in [-0.05, 0) is 24.6 Å². The third-order valence-corrected chi connectivity index (χ3v) is 3.12. The number of benzene rings is 1. The second-order valence-corrected chi connectivity index (χ2v) is 4.46. The SMILES string of the molecule is Cc1ccc(-c2c(=O)[nH]c(=O)n3ccccc23)cc1. The van der Waals surface area contributed by atoms with Crippen LogP contribution in [0.4, 0.5) is 0 Å². The zero-order valence-corrected chi connectivity index (χ0v) is 10.4. The predicted octanol–water partition coefficient (Wildman–Crippen LogP) is 1.96. The Kier molecular flexibility index (Phi) is 2.56. The minimum atomic E-state index is -0.420. The molecule has 0 bridgehead atoms. The number of nitrogens with one attached hydrogen (secondary N) is 1. The highest BCUT2D eigenvalue weighted by Crippen LogP contribution is 2.19. The molecule has 3 aromatic rings. The number of hydrogen-bond acceptors (Lipinski definition) is 2. The molecule has 0 saturated heterocycles. The number of aromatic nitrogens is 2. The fourth-order valence-electron chi connectivity index (χ4n) is 2.16. The van der Waals surface area contributed by atoms with Crippen molar-refractivity contribution in [3.8, 4) is 11.1 Å². The summed E-state index contributed by atoms with van der Waals surface area (Å²) in [6, 6.07) is 13.0. The molecule has 1 aromatic carbocycles. The number of H-pyrrole nitrogens is 1. The van der Waals surface area contributed by atoms with Gasteiger partial charge in [-0.3, -0.25) is 14.2 Å². The summed E-state index contributed by atoms with van der Waals surface area (Å²) in [5.74, 6) is 0. The fraction of sp³-hybridized carbons (Fsp3) is 0.0667. The maximum atomic E-state index is 12.1. The molecule has 2 heterocycles. The lowest BCUT2D eigenvalue weighted by Crippen LogP contribution is -2.27. The van der Waals surface area contributed by atoms with E-state index in [0.717, 1.165) is 11.1 Å². The van der Waals surface area contributed by atoms with Crippen molar-refractivity contribution >= 4 is 5.52 Å². The summed E-state index contributed by atoms with van der Waals surface area (Å²) in [7, 11) is 0. The van der Waals surface area contributed by atoms with E-state index in [0.29, 0.717) is 11.1 Å². The second-order valence-electron chi connectivity index (χ2n) is 4.46. The summed E-state index contributed by atoms with van der Waals surface area (Å²) >= 11 is 0. The molecule has 0 unspecified atom stereocenters. The van der Waals surface area contributed by atoms with Crippen LogP contribution < -0.4 is 11.2 Å². The number of fused-ring (bicyclic) bond motifs is 1. The van der Waals surface area contributed by atoms with Crippen molar-refractivity contribution in [3.05, 3.63) is 75.1 Å². The van der Waals surface area contributed by atoms with Gasteiger partial charge in [-0.15, -0.1) is 0 Å². The van der Waals surface area contributed by atoms with Crippen LogP contribution in [0.5, 0.6) is 0 Å². The Hall–Kier alpha value is -2.62. The minimum Gasteiger partial charge on any atom is -0.273 e. The quantitative estimate of drug-likeness (QED) is 0.719. The van der Waals surface area contributed by atoms with Gasteiger partial charge < -0.3 is 0 Å². The molecule has 0 atom stereocenters. The van der Waals surface area contributed by atoms with Gasteiger partial charge in [0.2, 0.25) is 0 Å². The van der Waals surface area contributed by atoms with Crippen molar-refractivity contribution in [3.63, 3.8) is 0 Å². The van der Waals surface area contributed by atoms with Crippen molar-refractivity contribution in [2.45, 2.75) is 6.92 Å². The summed E-state index contributed by atoms with van der Waals surface area (Å²) in [4.78, 5) is 26.2. The fourth-order valence-corrected chi connectivity index (χ4v) is 2.16. The molecule has 0 spiro atoms. The van der Waals surface area contributed by atoms with Crippen LogP contribution in [-0.4, -0.2) is 9.38 Å². The molecular weight excluding hydrogens is 240 g/mol. The van der Waals surface area contributed by atoms with Crippen molar-refractivity contribution in [2.24, 2.45) is 0 Å². The average Bonchev–Trinajstić information content (AvgIpc) is 2.41. The average molecular weight is 252 g/mol. The number of rotatable bonds is 1. The maximum Gasteiger partial charge on any atom is 0.332 e. The van der Waals surface area contributed by atoms with Crippen LogP contribution in [0.15, 0.2) is 58.3 Å². The Morgan fingerprint density at radius 3 is 2.47 bits per heavy atom. The largest absolute Gasteiger partial charge is 0.332 e. The zero-order chi connectivity index (χ0) is 13.4. The Morgan fingerprint density at radius 1 is 1.00 bits per heavy atom. The maximum absolute atomic E-state index is 12.1. The Balaban J connectivity index is 2.44. The summed E-state index contributed by atoms with van der Waals surface area (Å²) in [6.45, 7) is 1.99. The van der Waals surface area contributed by atoms with Crippen LogP contribution in [0.1, 0.15) is 5.56 Å². The van der Waals surface area contributed by atoms with E-state index in [9.17, 15) is 9.59 Å². The van der Waals surface area contributed by atoms with Gasteiger partial charge in [0.05, 0.1) is 11.1 Å².